The topological polar surface area (TPSA) is 24.7 Å². The average Bonchev–Trinajstić information content (AvgIpc) is 2.56. The minimum Gasteiger partial charge on any atom is -0.247 e. The quantitative estimate of drug-likeness (QED) is 0.388. The van der Waals surface area contributed by atoms with Crippen LogP contribution in [0.2, 0.25) is 0 Å². The molecular weight excluding hydrogens is 332 g/mol. The first kappa shape index (κ1) is 14.3. The summed E-state index contributed by atoms with van der Waals surface area (Å²) in [5, 5.41) is 2.10. The second-order valence-corrected chi connectivity index (χ2v) is 8.33. The van der Waals surface area contributed by atoms with E-state index in [1.54, 1.807) is 23.5 Å². The molecule has 2 heterocycles. The first-order valence-electron chi connectivity index (χ1n) is 7.84. The summed E-state index contributed by atoms with van der Waals surface area (Å²) in [5.74, 6) is 0. The van der Waals surface area contributed by atoms with Crippen molar-refractivity contribution in [3.63, 3.8) is 0 Å². The maximum atomic E-state index is 4.86. The van der Waals surface area contributed by atoms with Crippen molar-refractivity contribution in [2.24, 2.45) is 9.98 Å². The third-order valence-electron chi connectivity index (χ3n) is 4.19. The van der Waals surface area contributed by atoms with E-state index in [0.717, 1.165) is 22.1 Å². The molecule has 5 rings (SSSR count). The molecule has 0 spiro atoms. The summed E-state index contributed by atoms with van der Waals surface area (Å²) in [6, 6.07) is 17.2. The van der Waals surface area contributed by atoms with Gasteiger partial charge in [0.05, 0.1) is 22.1 Å². The van der Waals surface area contributed by atoms with Crippen LogP contribution in [-0.4, -0.2) is 0 Å². The highest BCUT2D eigenvalue weighted by Gasteiger charge is 2.17. The molecular formula is C20H14N2S2. The Morgan fingerprint density at radius 3 is 1.50 bits per heavy atom. The Hall–Kier alpha value is -2.04. The molecule has 116 valence electrons. The zero-order valence-electron chi connectivity index (χ0n) is 13.3. The first-order chi connectivity index (χ1) is 11.7. The summed E-state index contributed by atoms with van der Waals surface area (Å²) < 4.78 is 0. The van der Waals surface area contributed by atoms with Crippen molar-refractivity contribution in [3.8, 4) is 0 Å². The molecule has 0 saturated carbocycles. The number of hydrogen-bond donors (Lipinski definition) is 0. The molecule has 3 aromatic carbocycles. The molecule has 2 aliphatic rings. The lowest BCUT2D eigenvalue weighted by Crippen LogP contribution is -2.17. The molecule has 0 atom stereocenters. The lowest BCUT2D eigenvalue weighted by atomic mass is 10.2. The van der Waals surface area contributed by atoms with Crippen molar-refractivity contribution < 1.29 is 0 Å². The van der Waals surface area contributed by atoms with Crippen molar-refractivity contribution in [2.45, 2.75) is 33.4 Å². The molecule has 2 aliphatic heterocycles. The molecule has 0 bridgehead atoms. The summed E-state index contributed by atoms with van der Waals surface area (Å²) in [7, 11) is 0. The van der Waals surface area contributed by atoms with Gasteiger partial charge in [0, 0.05) is 19.6 Å². The normalized spacial score (nSPS) is 13.8. The maximum Gasteiger partial charge on any atom is 0.0789 e. The van der Waals surface area contributed by atoms with Crippen LogP contribution in [-0.2, 0) is 0 Å². The van der Waals surface area contributed by atoms with Gasteiger partial charge in [0.15, 0.2) is 0 Å². The van der Waals surface area contributed by atoms with E-state index in [0.29, 0.717) is 0 Å². The Balaban J connectivity index is 1.72. The summed E-state index contributed by atoms with van der Waals surface area (Å²) in [6.45, 7) is 4.24. The minimum absolute atomic E-state index is 1.05. The zero-order valence-corrected chi connectivity index (χ0v) is 15.0. The Morgan fingerprint density at radius 1 is 0.583 bits per heavy atom. The van der Waals surface area contributed by atoms with Crippen molar-refractivity contribution >= 4 is 34.9 Å². The molecule has 0 unspecified atom stereocenters. The van der Waals surface area contributed by atoms with Gasteiger partial charge < -0.3 is 0 Å². The highest BCUT2D eigenvalue weighted by Crippen LogP contribution is 2.40. The number of rotatable bonds is 0. The fourth-order valence-corrected chi connectivity index (χ4v) is 5.12. The van der Waals surface area contributed by atoms with Crippen molar-refractivity contribution in [3.05, 3.63) is 70.4 Å². The van der Waals surface area contributed by atoms with Gasteiger partial charge in [0.25, 0.3) is 0 Å². The van der Waals surface area contributed by atoms with Gasteiger partial charge in [-0.2, -0.15) is 0 Å². The highest BCUT2D eigenvalue weighted by molar-refractivity contribution is 8.00. The highest BCUT2D eigenvalue weighted by atomic mass is 32.2. The average molecular weight is 346 g/mol. The number of hydrogen-bond acceptors (Lipinski definition) is 4. The van der Waals surface area contributed by atoms with E-state index in [1.807, 2.05) is 0 Å². The number of fused-ring (bicyclic) bond motifs is 4. The molecule has 0 amide bonds. The SMILES string of the molecule is Cc1ccc2c(c1)Sc1cc3c(cc1=N2)Sc1cc(C)ccc1N=3. The third-order valence-corrected chi connectivity index (χ3v) is 6.38. The van der Waals surface area contributed by atoms with Crippen LogP contribution in [0.5, 0.6) is 0 Å². The molecule has 0 aromatic heterocycles. The minimum atomic E-state index is 1.05. The number of benzene rings is 3. The molecule has 4 heteroatoms. The van der Waals surface area contributed by atoms with Gasteiger partial charge >= 0.3 is 0 Å². The van der Waals surface area contributed by atoms with Crippen LogP contribution in [0.3, 0.4) is 0 Å². The lowest BCUT2D eigenvalue weighted by molar-refractivity contribution is 1.07. The van der Waals surface area contributed by atoms with E-state index in [1.165, 1.54) is 30.7 Å². The van der Waals surface area contributed by atoms with Gasteiger partial charge in [0.1, 0.15) is 0 Å². The second kappa shape index (κ2) is 5.23. The van der Waals surface area contributed by atoms with Crippen molar-refractivity contribution in [1.29, 1.82) is 0 Å². The van der Waals surface area contributed by atoms with Crippen molar-refractivity contribution in [1.82, 2.24) is 0 Å². The van der Waals surface area contributed by atoms with Gasteiger partial charge in [-0.15, -0.1) is 0 Å². The van der Waals surface area contributed by atoms with Crippen LogP contribution in [0.25, 0.3) is 0 Å². The zero-order chi connectivity index (χ0) is 16.3. The van der Waals surface area contributed by atoms with Gasteiger partial charge in [-0.1, -0.05) is 35.7 Å². The number of aryl methyl sites for hydroxylation is 2. The van der Waals surface area contributed by atoms with Crippen LogP contribution >= 0.6 is 23.5 Å². The van der Waals surface area contributed by atoms with E-state index in [-0.39, 0.29) is 0 Å². The Bertz CT molecular complexity index is 1040. The van der Waals surface area contributed by atoms with Crippen LogP contribution in [0, 0.1) is 13.8 Å². The standard InChI is InChI=1S/C20H14N2S2/c1-11-3-5-13-17(7-11)23-19-9-16-20(10-15(19)21-13)24-18-8-12(2)4-6-14(18)22-16/h3-10H,1-2H3. The van der Waals surface area contributed by atoms with E-state index in [9.17, 15) is 0 Å². The van der Waals surface area contributed by atoms with Crippen LogP contribution in [0.15, 0.2) is 78.1 Å². The monoisotopic (exact) mass is 346 g/mol. The predicted molar refractivity (Wildman–Crippen MR) is 98.7 cm³/mol. The van der Waals surface area contributed by atoms with Gasteiger partial charge in [-0.3, -0.25) is 0 Å². The summed E-state index contributed by atoms with van der Waals surface area (Å²) in [5.41, 5.74) is 4.66. The van der Waals surface area contributed by atoms with Gasteiger partial charge in [0.2, 0.25) is 0 Å². The molecule has 0 aliphatic carbocycles. The molecule has 0 N–H and O–H groups in total. The van der Waals surface area contributed by atoms with E-state index < -0.39 is 0 Å². The first-order valence-corrected chi connectivity index (χ1v) is 9.47. The Morgan fingerprint density at radius 2 is 1.04 bits per heavy atom. The van der Waals surface area contributed by atoms with Crippen LogP contribution in [0.4, 0.5) is 11.4 Å². The largest absolute Gasteiger partial charge is 0.247 e. The van der Waals surface area contributed by atoms with Crippen molar-refractivity contribution in [2.75, 3.05) is 0 Å². The van der Waals surface area contributed by atoms with Crippen LogP contribution < -0.4 is 10.7 Å². The summed E-state index contributed by atoms with van der Waals surface area (Å²) in [4.78, 5) is 14.5. The fraction of sp³-hybridized carbons (Fsp3) is 0.100. The molecule has 0 radical (unpaired) electrons. The van der Waals surface area contributed by atoms with E-state index in [4.69, 9.17) is 9.98 Å². The molecule has 24 heavy (non-hydrogen) atoms. The predicted octanol–water partition coefficient (Wildman–Crippen LogP) is 5.14. The Kier molecular flexibility index (Phi) is 3.12. The van der Waals surface area contributed by atoms with E-state index in [2.05, 4.69) is 62.4 Å². The number of nitrogens with zero attached hydrogens (tertiary/aromatic N) is 2. The second-order valence-electron chi connectivity index (χ2n) is 6.16. The van der Waals surface area contributed by atoms with E-state index >= 15 is 0 Å². The molecule has 0 saturated heterocycles. The smallest absolute Gasteiger partial charge is 0.0789 e. The summed E-state index contributed by atoms with van der Waals surface area (Å²) >= 11 is 3.58. The molecule has 3 aromatic rings. The molecule has 2 nitrogen and oxygen atoms in total. The van der Waals surface area contributed by atoms with Gasteiger partial charge in [-0.05, 0) is 61.4 Å². The Labute approximate surface area is 148 Å². The fourth-order valence-electron chi connectivity index (χ4n) is 2.96. The molecule has 0 fully saturated rings. The lowest BCUT2D eigenvalue weighted by Gasteiger charge is -2.16. The summed E-state index contributed by atoms with van der Waals surface area (Å²) in [6.07, 6.45) is 0. The third kappa shape index (κ3) is 2.29. The maximum absolute atomic E-state index is 4.86. The van der Waals surface area contributed by atoms with Gasteiger partial charge in [-0.25, -0.2) is 9.98 Å². The van der Waals surface area contributed by atoms with Crippen LogP contribution in [0.1, 0.15) is 11.1 Å².